The van der Waals surface area contributed by atoms with Crippen molar-refractivity contribution < 1.29 is 8.78 Å². The molecule has 1 fully saturated rings. The Balaban J connectivity index is 1.47. The number of anilines is 1. The number of nitrogens with zero attached hydrogens (tertiary/aromatic N) is 2. The number of benzene rings is 3. The van der Waals surface area contributed by atoms with Gasteiger partial charge < -0.3 is 4.90 Å². The molecule has 5 heteroatoms. The smallest absolute Gasteiger partial charge is 0.149 e. The molecule has 1 aliphatic heterocycles. The first-order valence-electron chi connectivity index (χ1n) is 9.37. The van der Waals surface area contributed by atoms with E-state index >= 15 is 0 Å². The molecule has 3 aromatic carbocycles. The van der Waals surface area contributed by atoms with Gasteiger partial charge in [-0.05, 0) is 41.0 Å². The second-order valence-corrected chi connectivity index (χ2v) is 7.43. The topological polar surface area (TPSA) is 6.48 Å². The zero-order valence-electron chi connectivity index (χ0n) is 15.4. The maximum Gasteiger partial charge on any atom is 0.149 e. The molecule has 0 atom stereocenters. The van der Waals surface area contributed by atoms with E-state index in [2.05, 4.69) is 17.0 Å². The van der Waals surface area contributed by atoms with Gasteiger partial charge in [0.05, 0.1) is 0 Å². The van der Waals surface area contributed by atoms with E-state index in [1.165, 1.54) is 29.3 Å². The molecule has 2 nitrogen and oxygen atoms in total. The molecule has 0 unspecified atom stereocenters. The third kappa shape index (κ3) is 4.03. The summed E-state index contributed by atoms with van der Waals surface area (Å²) in [5.41, 5.74) is 3.63. The fourth-order valence-electron chi connectivity index (χ4n) is 3.73. The van der Waals surface area contributed by atoms with Gasteiger partial charge >= 0.3 is 0 Å². The Morgan fingerprint density at radius 1 is 0.750 bits per heavy atom. The zero-order valence-corrected chi connectivity index (χ0v) is 16.2. The van der Waals surface area contributed by atoms with Crippen molar-refractivity contribution in [1.29, 1.82) is 0 Å². The number of hydrogen-bond acceptors (Lipinski definition) is 2. The lowest BCUT2D eigenvalue weighted by Crippen LogP contribution is -2.46. The lowest BCUT2D eigenvalue weighted by atomic mass is 9.99. The fraction of sp³-hybridized carbons (Fsp3) is 0.217. The molecule has 1 heterocycles. The van der Waals surface area contributed by atoms with E-state index in [1.54, 1.807) is 4.90 Å². The Kier molecular flexibility index (Phi) is 5.60. The largest absolute Gasteiger partial charge is 0.364 e. The van der Waals surface area contributed by atoms with Crippen LogP contribution in [0.5, 0.6) is 0 Å². The van der Waals surface area contributed by atoms with Gasteiger partial charge in [0.1, 0.15) is 17.3 Å². The maximum atomic E-state index is 14.0. The van der Waals surface area contributed by atoms with Crippen molar-refractivity contribution in [2.45, 2.75) is 6.54 Å². The molecule has 0 radical (unpaired) electrons. The first kappa shape index (κ1) is 18.9. The van der Waals surface area contributed by atoms with Crippen LogP contribution in [0.4, 0.5) is 14.5 Å². The Bertz CT molecular complexity index is 931. The van der Waals surface area contributed by atoms with Crippen LogP contribution >= 0.6 is 11.6 Å². The van der Waals surface area contributed by atoms with Crippen molar-refractivity contribution in [2.24, 2.45) is 0 Å². The second-order valence-electron chi connectivity index (χ2n) is 7.00. The highest BCUT2D eigenvalue weighted by atomic mass is 35.5. The van der Waals surface area contributed by atoms with Crippen LogP contribution < -0.4 is 4.90 Å². The Hall–Kier alpha value is -2.43. The molecule has 28 heavy (non-hydrogen) atoms. The van der Waals surface area contributed by atoms with Crippen LogP contribution in [-0.2, 0) is 6.54 Å². The number of rotatable bonds is 4. The van der Waals surface area contributed by atoms with Crippen LogP contribution in [-0.4, -0.2) is 31.1 Å². The van der Waals surface area contributed by atoms with Gasteiger partial charge in [-0.25, -0.2) is 8.78 Å². The summed E-state index contributed by atoms with van der Waals surface area (Å²) in [5.74, 6) is -0.997. The molecule has 1 saturated heterocycles. The van der Waals surface area contributed by atoms with Crippen molar-refractivity contribution in [3.8, 4) is 11.1 Å². The van der Waals surface area contributed by atoms with Gasteiger partial charge in [-0.3, -0.25) is 4.90 Å². The van der Waals surface area contributed by atoms with Crippen molar-refractivity contribution in [3.63, 3.8) is 0 Å². The zero-order chi connectivity index (χ0) is 19.5. The standard InChI is InChI=1S/C23H21ClF2N2/c24-19-10-8-17(9-11-19)20-5-2-1-4-18(20)16-27-12-14-28(15-13-27)23-21(25)6-3-7-22(23)26/h1-11H,12-16H2. The van der Waals surface area contributed by atoms with Gasteiger partial charge in [0.2, 0.25) is 0 Å². The third-order valence-electron chi connectivity index (χ3n) is 5.19. The van der Waals surface area contributed by atoms with E-state index in [0.29, 0.717) is 13.1 Å². The summed E-state index contributed by atoms with van der Waals surface area (Å²) < 4.78 is 28.1. The summed E-state index contributed by atoms with van der Waals surface area (Å²) in [6.07, 6.45) is 0. The van der Waals surface area contributed by atoms with Crippen molar-refractivity contribution >= 4 is 17.3 Å². The molecule has 0 aromatic heterocycles. The molecule has 0 N–H and O–H groups in total. The average molecular weight is 399 g/mol. The highest BCUT2D eigenvalue weighted by Gasteiger charge is 2.22. The monoisotopic (exact) mass is 398 g/mol. The van der Waals surface area contributed by atoms with Crippen molar-refractivity contribution in [2.75, 3.05) is 31.1 Å². The first-order valence-corrected chi connectivity index (χ1v) is 9.75. The van der Waals surface area contributed by atoms with Gasteiger partial charge in [0.25, 0.3) is 0 Å². The SMILES string of the molecule is Fc1cccc(F)c1N1CCN(Cc2ccccc2-c2ccc(Cl)cc2)CC1. The van der Waals surface area contributed by atoms with Crippen LogP contribution in [0.2, 0.25) is 5.02 Å². The lowest BCUT2D eigenvalue weighted by Gasteiger charge is -2.36. The molecule has 144 valence electrons. The predicted octanol–water partition coefficient (Wildman–Crippen LogP) is 5.61. The van der Waals surface area contributed by atoms with Crippen molar-refractivity contribution in [3.05, 3.63) is 89.0 Å². The normalized spacial score (nSPS) is 15.0. The quantitative estimate of drug-likeness (QED) is 0.563. The van der Waals surface area contributed by atoms with Crippen LogP contribution in [0, 0.1) is 11.6 Å². The molecule has 0 spiro atoms. The van der Waals surface area contributed by atoms with Gasteiger partial charge in [0, 0.05) is 37.7 Å². The molecule has 3 aromatic rings. The summed E-state index contributed by atoms with van der Waals surface area (Å²) in [5, 5.41) is 0.720. The molecular formula is C23H21ClF2N2. The van der Waals surface area contributed by atoms with Gasteiger partial charge in [0.15, 0.2) is 0 Å². The van der Waals surface area contributed by atoms with E-state index in [1.807, 2.05) is 36.4 Å². The minimum Gasteiger partial charge on any atom is -0.364 e. The maximum absolute atomic E-state index is 14.0. The summed E-state index contributed by atoms with van der Waals surface area (Å²) in [6.45, 7) is 3.50. The molecule has 0 saturated carbocycles. The Morgan fingerprint density at radius 2 is 1.39 bits per heavy atom. The van der Waals surface area contributed by atoms with Gasteiger partial charge in [-0.2, -0.15) is 0 Å². The van der Waals surface area contributed by atoms with E-state index in [4.69, 9.17) is 11.6 Å². The van der Waals surface area contributed by atoms with Crippen LogP contribution in [0.3, 0.4) is 0 Å². The number of hydrogen-bond donors (Lipinski definition) is 0. The van der Waals surface area contributed by atoms with Crippen molar-refractivity contribution in [1.82, 2.24) is 4.90 Å². The Morgan fingerprint density at radius 3 is 2.07 bits per heavy atom. The highest BCUT2D eigenvalue weighted by molar-refractivity contribution is 6.30. The minimum atomic E-state index is -0.499. The van der Waals surface area contributed by atoms with Crippen LogP contribution in [0.25, 0.3) is 11.1 Å². The summed E-state index contributed by atoms with van der Waals surface area (Å²) in [4.78, 5) is 4.12. The van der Waals surface area contributed by atoms with Crippen LogP contribution in [0.15, 0.2) is 66.7 Å². The number of para-hydroxylation sites is 1. The van der Waals surface area contributed by atoms with E-state index in [9.17, 15) is 8.78 Å². The number of halogens is 3. The molecule has 1 aliphatic rings. The lowest BCUT2D eigenvalue weighted by molar-refractivity contribution is 0.249. The molecule has 0 aliphatic carbocycles. The van der Waals surface area contributed by atoms with E-state index < -0.39 is 11.6 Å². The fourth-order valence-corrected chi connectivity index (χ4v) is 3.86. The summed E-state index contributed by atoms with van der Waals surface area (Å²) >= 11 is 6.01. The highest BCUT2D eigenvalue weighted by Crippen LogP contribution is 2.28. The van der Waals surface area contributed by atoms with Gasteiger partial charge in [-0.15, -0.1) is 0 Å². The molecule has 0 bridgehead atoms. The second kappa shape index (κ2) is 8.29. The Labute approximate surface area is 169 Å². The summed E-state index contributed by atoms with van der Waals surface area (Å²) in [7, 11) is 0. The predicted molar refractivity (Wildman–Crippen MR) is 111 cm³/mol. The molecule has 4 rings (SSSR count). The van der Waals surface area contributed by atoms with Gasteiger partial charge in [-0.1, -0.05) is 54.1 Å². The van der Waals surface area contributed by atoms with E-state index in [-0.39, 0.29) is 5.69 Å². The molecule has 0 amide bonds. The number of piperazine rings is 1. The van der Waals surface area contributed by atoms with E-state index in [0.717, 1.165) is 30.2 Å². The minimum absolute atomic E-state index is 0.0868. The molecular weight excluding hydrogens is 378 g/mol. The average Bonchev–Trinajstić information content (AvgIpc) is 2.70. The third-order valence-corrected chi connectivity index (χ3v) is 5.44. The summed E-state index contributed by atoms with van der Waals surface area (Å²) in [6, 6.07) is 20.2. The van der Waals surface area contributed by atoms with Crippen LogP contribution in [0.1, 0.15) is 5.56 Å². The first-order chi connectivity index (χ1) is 13.6.